The minimum absolute atomic E-state index is 0. The molecule has 1 unspecified atom stereocenters. The first-order chi connectivity index (χ1) is 11.2. The van der Waals surface area contributed by atoms with Gasteiger partial charge in [0.1, 0.15) is 0 Å². The zero-order valence-electron chi connectivity index (χ0n) is 14.4. The van der Waals surface area contributed by atoms with Gasteiger partial charge in [0.25, 0.3) is 0 Å². The van der Waals surface area contributed by atoms with Crippen LogP contribution in [0.5, 0.6) is 0 Å². The quantitative estimate of drug-likeness (QED) is 0.711. The summed E-state index contributed by atoms with van der Waals surface area (Å²) in [6.45, 7) is 5.34. The fraction of sp³-hybridized carbons (Fsp3) is 0.600. The second-order valence-corrected chi connectivity index (χ2v) is 9.80. The van der Waals surface area contributed by atoms with Gasteiger partial charge in [0.2, 0.25) is 20.0 Å². The highest BCUT2D eigenvalue weighted by Gasteiger charge is 2.28. The van der Waals surface area contributed by atoms with Gasteiger partial charge in [-0.15, -0.1) is 12.4 Å². The molecule has 0 spiro atoms. The Bertz CT molecular complexity index is 751. The van der Waals surface area contributed by atoms with Crippen molar-refractivity contribution in [3.8, 4) is 0 Å². The average Bonchev–Trinajstić information content (AvgIpc) is 2.53. The maximum absolute atomic E-state index is 12.6. The Hall–Kier alpha value is -0.870. The summed E-state index contributed by atoms with van der Waals surface area (Å²) in [6, 6.07) is 5.97. The molecule has 1 heterocycles. The molecule has 0 bridgehead atoms. The van der Waals surface area contributed by atoms with E-state index in [4.69, 9.17) is 0 Å². The number of halogens is 1. The lowest BCUT2D eigenvalue weighted by atomic mass is 10.3. The largest absolute Gasteiger partial charge is 0.312 e. The lowest BCUT2D eigenvalue weighted by molar-refractivity contribution is 0.310. The van der Waals surface area contributed by atoms with Crippen LogP contribution in [0.15, 0.2) is 29.2 Å². The molecular weight excluding hydrogens is 386 g/mol. The van der Waals surface area contributed by atoms with Crippen LogP contribution in [0, 0.1) is 0 Å². The van der Waals surface area contributed by atoms with Crippen LogP contribution in [0.2, 0.25) is 0 Å². The van der Waals surface area contributed by atoms with Crippen LogP contribution < -0.4 is 10.0 Å². The average molecular weight is 412 g/mol. The SMILES string of the molecule is CCCCS(=O)(=O)Nc1ccc(S(=O)(=O)N2CCNC(C)C2)cc1.Cl. The van der Waals surface area contributed by atoms with E-state index in [1.807, 2.05) is 13.8 Å². The van der Waals surface area contributed by atoms with Crippen molar-refractivity contribution >= 4 is 38.1 Å². The number of sulfonamides is 2. The number of hydrogen-bond donors (Lipinski definition) is 2. The first-order valence-electron chi connectivity index (χ1n) is 8.08. The third-order valence-electron chi connectivity index (χ3n) is 3.86. The Morgan fingerprint density at radius 3 is 2.40 bits per heavy atom. The summed E-state index contributed by atoms with van der Waals surface area (Å²) in [5.41, 5.74) is 0.374. The second-order valence-electron chi connectivity index (χ2n) is 6.02. The molecule has 1 aliphatic rings. The molecule has 2 N–H and O–H groups in total. The molecule has 25 heavy (non-hydrogen) atoms. The molecular formula is C15H26ClN3O4S2. The van der Waals surface area contributed by atoms with Crippen LogP contribution in [0.4, 0.5) is 5.69 Å². The lowest BCUT2D eigenvalue weighted by Crippen LogP contribution is -2.51. The number of unbranched alkanes of at least 4 members (excludes halogenated alkanes) is 1. The summed E-state index contributed by atoms with van der Waals surface area (Å²) >= 11 is 0. The minimum atomic E-state index is -3.55. The van der Waals surface area contributed by atoms with Gasteiger partial charge in [-0.1, -0.05) is 13.3 Å². The molecule has 7 nitrogen and oxygen atoms in total. The Morgan fingerprint density at radius 2 is 1.84 bits per heavy atom. The summed E-state index contributed by atoms with van der Waals surface area (Å²) in [6.07, 6.45) is 1.38. The Morgan fingerprint density at radius 1 is 1.20 bits per heavy atom. The molecule has 10 heteroatoms. The molecule has 1 aromatic carbocycles. The van der Waals surface area contributed by atoms with E-state index in [1.165, 1.54) is 28.6 Å². The highest BCUT2D eigenvalue weighted by molar-refractivity contribution is 7.92. The van der Waals surface area contributed by atoms with Crippen molar-refractivity contribution in [3.05, 3.63) is 24.3 Å². The number of nitrogens with zero attached hydrogens (tertiary/aromatic N) is 1. The van der Waals surface area contributed by atoms with Crippen molar-refractivity contribution in [1.82, 2.24) is 9.62 Å². The molecule has 2 rings (SSSR count). The maximum atomic E-state index is 12.6. The van der Waals surface area contributed by atoms with Gasteiger partial charge in [-0.25, -0.2) is 16.8 Å². The second kappa shape index (κ2) is 9.18. The van der Waals surface area contributed by atoms with E-state index in [-0.39, 0.29) is 29.1 Å². The standard InChI is InChI=1S/C15H25N3O4S2.ClH/c1-3-4-11-23(19,20)17-14-5-7-15(8-6-14)24(21,22)18-10-9-16-13(2)12-18;/h5-8,13,16-17H,3-4,9-12H2,1-2H3;1H. The molecule has 1 fully saturated rings. The van der Waals surface area contributed by atoms with E-state index in [0.29, 0.717) is 31.7 Å². The predicted octanol–water partition coefficient (Wildman–Crippen LogP) is 1.63. The zero-order valence-corrected chi connectivity index (χ0v) is 16.9. The molecule has 0 radical (unpaired) electrons. The van der Waals surface area contributed by atoms with Crippen LogP contribution in [0.3, 0.4) is 0 Å². The summed E-state index contributed by atoms with van der Waals surface area (Å²) in [4.78, 5) is 0.174. The normalized spacial score (nSPS) is 19.2. The molecule has 0 aromatic heterocycles. The highest BCUT2D eigenvalue weighted by Crippen LogP contribution is 2.20. The topological polar surface area (TPSA) is 95.6 Å². The van der Waals surface area contributed by atoms with E-state index in [0.717, 1.165) is 6.42 Å². The minimum Gasteiger partial charge on any atom is -0.312 e. The zero-order chi connectivity index (χ0) is 17.8. The van der Waals surface area contributed by atoms with Crippen LogP contribution in [0.1, 0.15) is 26.7 Å². The van der Waals surface area contributed by atoms with Gasteiger partial charge >= 0.3 is 0 Å². The number of nitrogens with one attached hydrogen (secondary N) is 2. The first-order valence-corrected chi connectivity index (χ1v) is 11.2. The highest BCUT2D eigenvalue weighted by atomic mass is 35.5. The third kappa shape index (κ3) is 6.10. The van der Waals surface area contributed by atoms with Crippen molar-refractivity contribution in [1.29, 1.82) is 0 Å². The number of piperazine rings is 1. The molecule has 144 valence electrons. The van der Waals surface area contributed by atoms with Gasteiger partial charge in [-0.2, -0.15) is 4.31 Å². The Balaban J connectivity index is 0.00000312. The van der Waals surface area contributed by atoms with Gasteiger partial charge in [0.15, 0.2) is 0 Å². The van der Waals surface area contributed by atoms with Gasteiger partial charge in [-0.3, -0.25) is 4.72 Å². The monoisotopic (exact) mass is 411 g/mol. The summed E-state index contributed by atoms with van der Waals surface area (Å²) < 4.78 is 52.9. The fourth-order valence-corrected chi connectivity index (χ4v) is 5.32. The molecule has 0 saturated carbocycles. The molecule has 1 saturated heterocycles. The number of rotatable bonds is 7. The third-order valence-corrected chi connectivity index (χ3v) is 7.12. The summed E-state index contributed by atoms with van der Waals surface area (Å²) in [5, 5.41) is 3.20. The summed E-state index contributed by atoms with van der Waals surface area (Å²) in [5.74, 6) is 0.0578. The number of anilines is 1. The van der Waals surface area contributed by atoms with E-state index in [2.05, 4.69) is 10.0 Å². The van der Waals surface area contributed by atoms with Gasteiger partial charge in [0, 0.05) is 31.4 Å². The number of benzene rings is 1. The van der Waals surface area contributed by atoms with Gasteiger partial charge < -0.3 is 5.32 Å². The van der Waals surface area contributed by atoms with Crippen LogP contribution in [0.25, 0.3) is 0 Å². The van der Waals surface area contributed by atoms with Crippen molar-refractivity contribution in [2.24, 2.45) is 0 Å². The molecule has 1 aromatic rings. The first kappa shape index (κ1) is 22.2. The smallest absolute Gasteiger partial charge is 0.243 e. The lowest BCUT2D eigenvalue weighted by Gasteiger charge is -2.31. The van der Waals surface area contributed by atoms with E-state index in [1.54, 1.807) is 0 Å². The molecule has 1 atom stereocenters. The van der Waals surface area contributed by atoms with Crippen molar-refractivity contribution in [3.63, 3.8) is 0 Å². The van der Waals surface area contributed by atoms with Crippen molar-refractivity contribution < 1.29 is 16.8 Å². The van der Waals surface area contributed by atoms with Crippen LogP contribution >= 0.6 is 12.4 Å². The van der Waals surface area contributed by atoms with Gasteiger partial charge in [0.05, 0.1) is 10.6 Å². The molecule has 0 amide bonds. The maximum Gasteiger partial charge on any atom is 0.243 e. The number of hydrogen-bond acceptors (Lipinski definition) is 5. The fourth-order valence-electron chi connectivity index (χ4n) is 2.52. The van der Waals surface area contributed by atoms with Crippen molar-refractivity contribution in [2.45, 2.75) is 37.6 Å². The Labute approximate surface area is 156 Å². The predicted molar refractivity (Wildman–Crippen MR) is 102 cm³/mol. The Kier molecular flexibility index (Phi) is 8.14. The molecule has 0 aliphatic carbocycles. The van der Waals surface area contributed by atoms with E-state index >= 15 is 0 Å². The van der Waals surface area contributed by atoms with E-state index in [9.17, 15) is 16.8 Å². The van der Waals surface area contributed by atoms with Crippen LogP contribution in [-0.4, -0.2) is 52.6 Å². The van der Waals surface area contributed by atoms with E-state index < -0.39 is 20.0 Å². The van der Waals surface area contributed by atoms with Gasteiger partial charge in [-0.05, 0) is 37.6 Å². The molecule has 1 aliphatic heterocycles. The van der Waals surface area contributed by atoms with Crippen molar-refractivity contribution in [2.75, 3.05) is 30.1 Å². The van der Waals surface area contributed by atoms with Crippen LogP contribution in [-0.2, 0) is 20.0 Å². The summed E-state index contributed by atoms with van der Waals surface area (Å²) in [7, 11) is -6.94.